The fourth-order valence-electron chi connectivity index (χ4n) is 11.3. The van der Waals surface area contributed by atoms with Crippen LogP contribution in [0.1, 0.15) is 79.0 Å². The number of fused-ring (bicyclic) bond motifs is 14. The molecule has 0 unspecified atom stereocenters. The van der Waals surface area contributed by atoms with Crippen molar-refractivity contribution in [1.29, 1.82) is 0 Å². The van der Waals surface area contributed by atoms with Crippen LogP contribution in [-0.2, 0) is 16.2 Å². The molecule has 62 heavy (non-hydrogen) atoms. The van der Waals surface area contributed by atoms with Gasteiger partial charge in [0.2, 0.25) is 0 Å². The van der Waals surface area contributed by atoms with Gasteiger partial charge in [0.25, 0.3) is 6.71 Å². The normalized spacial score (nSPS) is 14.7. The Morgan fingerprint density at radius 1 is 0.484 bits per heavy atom. The summed E-state index contributed by atoms with van der Waals surface area (Å²) < 4.78 is 9.60. The van der Waals surface area contributed by atoms with E-state index in [-0.39, 0.29) is 29.8 Å². The van der Waals surface area contributed by atoms with Gasteiger partial charge in [-0.1, -0.05) is 159 Å². The first-order valence-electron chi connectivity index (χ1n) is 22.3. The topological polar surface area (TPSA) is 19.6 Å². The molecular formula is C56H48B2N2OS. The van der Waals surface area contributed by atoms with E-state index < -0.39 is 0 Å². The van der Waals surface area contributed by atoms with E-state index in [0.29, 0.717) is 0 Å². The van der Waals surface area contributed by atoms with Crippen LogP contribution in [-0.4, -0.2) is 13.6 Å². The molecule has 2 aromatic heterocycles. The molecule has 13 rings (SSSR count). The largest absolute Gasteiger partial charge is 0.454 e. The lowest BCUT2D eigenvalue weighted by Gasteiger charge is -2.51. The molecule has 4 aliphatic rings. The maximum atomic E-state index is 6.90. The molecule has 0 saturated carbocycles. The number of hydrogen-bond donors (Lipinski definition) is 0. The predicted octanol–water partition coefficient (Wildman–Crippen LogP) is 12.2. The lowest BCUT2D eigenvalue weighted by Crippen LogP contribution is -2.69. The van der Waals surface area contributed by atoms with E-state index in [0.717, 1.165) is 27.6 Å². The smallest absolute Gasteiger partial charge is 0.329 e. The molecule has 300 valence electrons. The van der Waals surface area contributed by atoms with Gasteiger partial charge in [-0.25, -0.2) is 0 Å². The fraction of sp³-hybridized carbons (Fsp3) is 0.214. The van der Waals surface area contributed by atoms with Gasteiger partial charge in [0, 0.05) is 53.8 Å². The molecule has 0 atom stereocenters. The van der Waals surface area contributed by atoms with Crippen LogP contribution in [0, 0.1) is 0 Å². The summed E-state index contributed by atoms with van der Waals surface area (Å²) >= 11 is 1.97. The summed E-state index contributed by atoms with van der Waals surface area (Å²) in [6.45, 7) is 21.3. The molecule has 6 heteroatoms. The number of para-hydroxylation sites is 2. The second kappa shape index (κ2) is 11.9. The molecule has 0 fully saturated rings. The van der Waals surface area contributed by atoms with Crippen molar-refractivity contribution in [1.82, 2.24) is 0 Å². The van der Waals surface area contributed by atoms with Crippen LogP contribution in [0.5, 0.6) is 0 Å². The molecule has 6 heterocycles. The van der Waals surface area contributed by atoms with E-state index in [1.165, 1.54) is 98.4 Å². The second-order valence-electron chi connectivity index (χ2n) is 21.3. The Morgan fingerprint density at radius 2 is 1.10 bits per heavy atom. The molecule has 0 saturated heterocycles. The molecule has 4 aliphatic heterocycles. The monoisotopic (exact) mass is 818 g/mol. The lowest BCUT2D eigenvalue weighted by molar-refractivity contribution is 0.590. The van der Waals surface area contributed by atoms with Crippen molar-refractivity contribution < 1.29 is 4.42 Å². The highest BCUT2D eigenvalue weighted by atomic mass is 32.1. The van der Waals surface area contributed by atoms with Gasteiger partial charge in [0.05, 0.1) is 11.4 Å². The first kappa shape index (κ1) is 36.7. The van der Waals surface area contributed by atoms with Gasteiger partial charge in [-0.05, 0) is 96.2 Å². The maximum Gasteiger partial charge on any atom is 0.329 e. The number of hydrogen-bond acceptors (Lipinski definition) is 4. The summed E-state index contributed by atoms with van der Waals surface area (Å²) in [5, 5.41) is 3.57. The van der Waals surface area contributed by atoms with Crippen molar-refractivity contribution in [2.24, 2.45) is 0 Å². The van der Waals surface area contributed by atoms with Gasteiger partial charge in [-0.15, -0.1) is 11.3 Å². The highest BCUT2D eigenvalue weighted by Gasteiger charge is 2.53. The number of benzene rings is 7. The van der Waals surface area contributed by atoms with Gasteiger partial charge >= 0.3 is 6.85 Å². The SMILES string of the molecule is CC(C)(C)c1ccc2c(c1)B1c3cc(C(C)(C)C)ccc3-c3ccc4c5c3N1c1c(cc(C(C)(C)C)cc1-2)B5c1sc2ccccc2c1N4c1cccc2c1oc1ccccc12. The van der Waals surface area contributed by atoms with E-state index in [1.807, 2.05) is 11.3 Å². The van der Waals surface area contributed by atoms with Crippen LogP contribution < -0.4 is 36.3 Å². The fourth-order valence-corrected chi connectivity index (χ4v) is 12.7. The van der Waals surface area contributed by atoms with Crippen molar-refractivity contribution in [3.05, 3.63) is 144 Å². The zero-order valence-corrected chi connectivity index (χ0v) is 37.8. The van der Waals surface area contributed by atoms with Crippen LogP contribution in [0.2, 0.25) is 0 Å². The highest BCUT2D eigenvalue weighted by molar-refractivity contribution is 7.34. The summed E-state index contributed by atoms with van der Waals surface area (Å²) in [5.74, 6) is 0. The molecule has 0 bridgehead atoms. The Balaban J connectivity index is 1.21. The van der Waals surface area contributed by atoms with E-state index in [4.69, 9.17) is 4.42 Å². The van der Waals surface area contributed by atoms with Gasteiger partial charge < -0.3 is 14.1 Å². The third kappa shape index (κ3) is 4.74. The van der Waals surface area contributed by atoms with Crippen molar-refractivity contribution in [2.45, 2.75) is 78.6 Å². The van der Waals surface area contributed by atoms with Crippen molar-refractivity contribution in [3.63, 3.8) is 0 Å². The Kier molecular flexibility index (Phi) is 7.06. The minimum absolute atomic E-state index is 0.00169. The zero-order valence-electron chi connectivity index (χ0n) is 37.0. The maximum absolute atomic E-state index is 6.90. The van der Waals surface area contributed by atoms with Gasteiger partial charge in [0.15, 0.2) is 5.58 Å². The number of nitrogens with zero attached hydrogens (tertiary/aromatic N) is 2. The van der Waals surface area contributed by atoms with E-state index in [1.54, 1.807) is 0 Å². The highest BCUT2D eigenvalue weighted by Crippen LogP contribution is 2.54. The Hall–Kier alpha value is -5.97. The standard InChI is InChI=1S/C56H48B2N2OS/c1-54(2,3)31-21-23-34-37-25-26-44-48-50(37)60-49-40(35-24-22-32(55(4,5)6)29-42(35)58(60)41(34)28-31)27-33(56(7,8)9)30-43(49)57(48)53-51(39-16-11-13-20-47(39)62-53)59(44)45-18-14-17-38-36-15-10-12-19-46(36)61-52(38)45/h10-30H,1-9H3. The minimum atomic E-state index is -0.0599. The molecule has 0 spiro atoms. The van der Waals surface area contributed by atoms with Gasteiger partial charge in [-0.2, -0.15) is 0 Å². The van der Waals surface area contributed by atoms with E-state index >= 15 is 0 Å². The molecule has 7 aromatic carbocycles. The third-order valence-corrected chi connectivity index (χ3v) is 15.7. The Bertz CT molecular complexity index is 3460. The molecule has 0 N–H and O–H groups in total. The average molecular weight is 819 g/mol. The van der Waals surface area contributed by atoms with Crippen LogP contribution >= 0.6 is 11.3 Å². The van der Waals surface area contributed by atoms with Crippen molar-refractivity contribution in [2.75, 3.05) is 9.71 Å². The Labute approximate surface area is 369 Å². The van der Waals surface area contributed by atoms with Crippen molar-refractivity contribution >= 4 is 112 Å². The van der Waals surface area contributed by atoms with Gasteiger partial charge in [-0.3, -0.25) is 0 Å². The zero-order chi connectivity index (χ0) is 42.4. The molecule has 3 nitrogen and oxygen atoms in total. The van der Waals surface area contributed by atoms with Crippen LogP contribution in [0.25, 0.3) is 54.3 Å². The summed E-state index contributed by atoms with van der Waals surface area (Å²) in [4.78, 5) is 5.39. The first-order chi connectivity index (χ1) is 29.7. The lowest BCUT2D eigenvalue weighted by atomic mass is 9.32. The first-order valence-corrected chi connectivity index (χ1v) is 23.1. The Morgan fingerprint density at radius 3 is 1.81 bits per heavy atom. The van der Waals surface area contributed by atoms with Crippen LogP contribution in [0.15, 0.2) is 132 Å². The number of thiophene rings is 1. The van der Waals surface area contributed by atoms with Crippen molar-refractivity contribution in [3.8, 4) is 22.3 Å². The predicted molar refractivity (Wildman–Crippen MR) is 269 cm³/mol. The quantitative estimate of drug-likeness (QED) is 0.154. The summed E-state index contributed by atoms with van der Waals surface area (Å²) in [5.41, 5.74) is 23.2. The molecule has 9 aromatic rings. The summed E-state index contributed by atoms with van der Waals surface area (Å²) in [7, 11) is 0. The van der Waals surface area contributed by atoms with E-state index in [9.17, 15) is 0 Å². The minimum Gasteiger partial charge on any atom is -0.454 e. The average Bonchev–Trinajstić information content (AvgIpc) is 3.82. The summed E-state index contributed by atoms with van der Waals surface area (Å²) in [6, 6.07) is 49.1. The van der Waals surface area contributed by atoms with E-state index in [2.05, 4.69) is 199 Å². The number of anilines is 5. The van der Waals surface area contributed by atoms with Crippen LogP contribution in [0.3, 0.4) is 0 Å². The van der Waals surface area contributed by atoms with Gasteiger partial charge in [0.1, 0.15) is 5.58 Å². The summed E-state index contributed by atoms with van der Waals surface area (Å²) in [6.07, 6.45) is 0. The molecule has 0 amide bonds. The van der Waals surface area contributed by atoms with Crippen LogP contribution in [0.4, 0.5) is 28.4 Å². The third-order valence-electron chi connectivity index (χ3n) is 14.5. The number of furan rings is 1. The number of rotatable bonds is 1. The second-order valence-corrected chi connectivity index (χ2v) is 22.4. The molecule has 0 aliphatic carbocycles. The molecular weight excluding hydrogens is 770 g/mol. The molecule has 0 radical (unpaired) electrons.